The summed E-state index contributed by atoms with van der Waals surface area (Å²) in [6.45, 7) is 1.64. The van der Waals surface area contributed by atoms with Gasteiger partial charge in [0.25, 0.3) is 5.56 Å². The summed E-state index contributed by atoms with van der Waals surface area (Å²) in [5.41, 5.74) is 1.83. The molecule has 1 amide bonds. The van der Waals surface area contributed by atoms with Crippen molar-refractivity contribution >= 4 is 27.7 Å². The van der Waals surface area contributed by atoms with Gasteiger partial charge < -0.3 is 5.32 Å². The standard InChI is InChI=1S/C22H24N4O4S/c1-17-21(22(28)26(25(17)2)19-11-7-4-8-12-19)24-20(27)13-15-23-31(29,30)16-14-18-9-5-3-6-10-18/h3-12,14,16,23H,13,15H2,1-2H3,(H,24,27)/b16-14+. The van der Waals surface area contributed by atoms with Crippen LogP contribution in [-0.4, -0.2) is 30.2 Å². The zero-order valence-electron chi connectivity index (χ0n) is 17.3. The molecule has 0 saturated heterocycles. The molecule has 1 aromatic heterocycles. The van der Waals surface area contributed by atoms with Crippen molar-refractivity contribution in [3.63, 3.8) is 0 Å². The number of hydrogen-bond acceptors (Lipinski definition) is 4. The summed E-state index contributed by atoms with van der Waals surface area (Å²) in [6, 6.07) is 18.1. The average Bonchev–Trinajstić information content (AvgIpc) is 2.97. The first kappa shape index (κ1) is 22.3. The minimum atomic E-state index is -3.68. The molecule has 0 aliphatic heterocycles. The summed E-state index contributed by atoms with van der Waals surface area (Å²) in [7, 11) is -1.96. The van der Waals surface area contributed by atoms with Crippen LogP contribution in [-0.2, 0) is 21.9 Å². The number of carbonyl (C=O) groups is 1. The quantitative estimate of drug-likeness (QED) is 0.561. The van der Waals surface area contributed by atoms with Crippen LogP contribution in [0.2, 0.25) is 0 Å². The molecule has 3 aromatic rings. The van der Waals surface area contributed by atoms with Crippen LogP contribution >= 0.6 is 0 Å². The zero-order valence-corrected chi connectivity index (χ0v) is 18.1. The van der Waals surface area contributed by atoms with Gasteiger partial charge in [0.15, 0.2) is 0 Å². The van der Waals surface area contributed by atoms with Gasteiger partial charge in [0.05, 0.1) is 11.4 Å². The van der Waals surface area contributed by atoms with E-state index in [1.807, 2.05) is 24.3 Å². The van der Waals surface area contributed by atoms with E-state index in [0.29, 0.717) is 11.4 Å². The lowest BCUT2D eigenvalue weighted by Crippen LogP contribution is -2.27. The van der Waals surface area contributed by atoms with Crippen LogP contribution in [0.3, 0.4) is 0 Å². The van der Waals surface area contributed by atoms with Gasteiger partial charge in [0.1, 0.15) is 5.69 Å². The van der Waals surface area contributed by atoms with Gasteiger partial charge in [-0.3, -0.25) is 14.3 Å². The summed E-state index contributed by atoms with van der Waals surface area (Å²) in [4.78, 5) is 25.1. The van der Waals surface area contributed by atoms with E-state index in [1.54, 1.807) is 55.1 Å². The Balaban J connectivity index is 1.62. The van der Waals surface area contributed by atoms with E-state index in [0.717, 1.165) is 11.0 Å². The van der Waals surface area contributed by atoms with Gasteiger partial charge in [-0.25, -0.2) is 17.8 Å². The number of aromatic nitrogens is 2. The van der Waals surface area contributed by atoms with Crippen LogP contribution in [0.25, 0.3) is 11.8 Å². The number of nitrogens with one attached hydrogen (secondary N) is 2. The smallest absolute Gasteiger partial charge is 0.295 e. The molecular weight excluding hydrogens is 416 g/mol. The lowest BCUT2D eigenvalue weighted by molar-refractivity contribution is -0.116. The minimum absolute atomic E-state index is 0.0912. The highest BCUT2D eigenvalue weighted by molar-refractivity contribution is 7.92. The fraction of sp³-hybridized carbons (Fsp3) is 0.182. The highest BCUT2D eigenvalue weighted by Gasteiger charge is 2.18. The number of sulfonamides is 1. The molecular formula is C22H24N4O4S. The van der Waals surface area contributed by atoms with E-state index in [4.69, 9.17) is 0 Å². The topological polar surface area (TPSA) is 102 Å². The molecule has 31 heavy (non-hydrogen) atoms. The minimum Gasteiger partial charge on any atom is -0.320 e. The van der Waals surface area contributed by atoms with E-state index in [2.05, 4.69) is 10.0 Å². The number of para-hydroxylation sites is 1. The lowest BCUT2D eigenvalue weighted by Gasteiger charge is -2.07. The van der Waals surface area contributed by atoms with Crippen LogP contribution in [0.15, 0.2) is 70.9 Å². The highest BCUT2D eigenvalue weighted by atomic mass is 32.2. The first-order chi connectivity index (χ1) is 14.8. The number of benzene rings is 2. The SMILES string of the molecule is Cc1c(NC(=O)CCNS(=O)(=O)/C=C/c2ccccc2)c(=O)n(-c2ccccc2)n1C. The zero-order chi connectivity index (χ0) is 22.4. The molecule has 0 unspecified atom stereocenters. The third-order valence-electron chi connectivity index (χ3n) is 4.71. The van der Waals surface area contributed by atoms with E-state index < -0.39 is 15.9 Å². The molecule has 2 aromatic carbocycles. The van der Waals surface area contributed by atoms with Gasteiger partial charge in [-0.05, 0) is 30.7 Å². The van der Waals surface area contributed by atoms with Crippen molar-refractivity contribution in [1.29, 1.82) is 0 Å². The largest absolute Gasteiger partial charge is 0.320 e. The van der Waals surface area contributed by atoms with Crippen molar-refractivity contribution in [2.45, 2.75) is 13.3 Å². The van der Waals surface area contributed by atoms with Crippen LogP contribution in [0.1, 0.15) is 17.7 Å². The maximum Gasteiger partial charge on any atom is 0.295 e. The number of nitrogens with zero attached hydrogens (tertiary/aromatic N) is 2. The van der Waals surface area contributed by atoms with E-state index >= 15 is 0 Å². The molecule has 0 atom stereocenters. The Kier molecular flexibility index (Phi) is 6.88. The third-order valence-corrected chi connectivity index (χ3v) is 5.81. The monoisotopic (exact) mass is 440 g/mol. The number of amides is 1. The first-order valence-electron chi connectivity index (χ1n) is 9.65. The molecule has 0 spiro atoms. The van der Waals surface area contributed by atoms with Crippen LogP contribution in [0.4, 0.5) is 5.69 Å². The van der Waals surface area contributed by atoms with Gasteiger partial charge in [0, 0.05) is 25.4 Å². The summed E-state index contributed by atoms with van der Waals surface area (Å²) in [5.74, 6) is -0.458. The Hall–Kier alpha value is -3.43. The Bertz CT molecular complexity index is 1240. The van der Waals surface area contributed by atoms with E-state index in [-0.39, 0.29) is 24.2 Å². The van der Waals surface area contributed by atoms with Gasteiger partial charge in [-0.15, -0.1) is 0 Å². The second-order valence-corrected chi connectivity index (χ2v) is 8.54. The maximum absolute atomic E-state index is 12.8. The van der Waals surface area contributed by atoms with Crippen molar-refractivity contribution in [1.82, 2.24) is 14.1 Å². The number of carbonyl (C=O) groups excluding carboxylic acids is 1. The molecule has 0 aliphatic rings. The van der Waals surface area contributed by atoms with Crippen molar-refractivity contribution < 1.29 is 13.2 Å². The molecule has 1 heterocycles. The number of anilines is 1. The highest BCUT2D eigenvalue weighted by Crippen LogP contribution is 2.14. The van der Waals surface area contributed by atoms with Gasteiger partial charge in [0.2, 0.25) is 15.9 Å². The lowest BCUT2D eigenvalue weighted by atomic mass is 10.2. The molecule has 0 bridgehead atoms. The van der Waals surface area contributed by atoms with Gasteiger partial charge in [-0.2, -0.15) is 0 Å². The van der Waals surface area contributed by atoms with E-state index in [1.165, 1.54) is 10.8 Å². The summed E-state index contributed by atoms with van der Waals surface area (Å²) in [6.07, 6.45) is 1.36. The maximum atomic E-state index is 12.8. The molecule has 0 radical (unpaired) electrons. The first-order valence-corrected chi connectivity index (χ1v) is 11.2. The summed E-state index contributed by atoms with van der Waals surface area (Å²) < 4.78 is 29.6. The summed E-state index contributed by atoms with van der Waals surface area (Å²) >= 11 is 0. The Morgan fingerprint density at radius 3 is 2.29 bits per heavy atom. The molecule has 162 valence electrons. The molecule has 0 saturated carbocycles. The number of rotatable bonds is 8. The predicted molar refractivity (Wildman–Crippen MR) is 121 cm³/mol. The summed E-state index contributed by atoms with van der Waals surface area (Å²) in [5, 5.41) is 3.66. The second kappa shape index (κ2) is 9.59. The van der Waals surface area contributed by atoms with Crippen molar-refractivity contribution in [3.8, 4) is 5.69 Å². The molecule has 0 aliphatic carbocycles. The van der Waals surface area contributed by atoms with Crippen LogP contribution in [0.5, 0.6) is 0 Å². The Labute approximate surface area is 180 Å². The van der Waals surface area contributed by atoms with E-state index in [9.17, 15) is 18.0 Å². The normalized spacial score (nSPS) is 11.7. The van der Waals surface area contributed by atoms with Crippen molar-refractivity contribution in [2.75, 3.05) is 11.9 Å². The average molecular weight is 441 g/mol. The third kappa shape index (κ3) is 5.59. The predicted octanol–water partition coefficient (Wildman–Crippen LogP) is 2.40. The fourth-order valence-corrected chi connectivity index (χ4v) is 3.82. The van der Waals surface area contributed by atoms with Gasteiger partial charge >= 0.3 is 0 Å². The molecule has 0 fully saturated rings. The van der Waals surface area contributed by atoms with Crippen LogP contribution in [0, 0.1) is 6.92 Å². The van der Waals surface area contributed by atoms with Gasteiger partial charge in [-0.1, -0.05) is 48.5 Å². The second-order valence-electron chi connectivity index (χ2n) is 6.89. The van der Waals surface area contributed by atoms with Crippen molar-refractivity contribution in [2.24, 2.45) is 7.05 Å². The Morgan fingerprint density at radius 1 is 1.03 bits per heavy atom. The molecule has 9 heteroatoms. The van der Waals surface area contributed by atoms with Crippen LogP contribution < -0.4 is 15.6 Å². The Morgan fingerprint density at radius 2 is 1.65 bits per heavy atom. The molecule has 8 nitrogen and oxygen atoms in total. The molecule has 3 rings (SSSR count). The fourth-order valence-electron chi connectivity index (χ4n) is 3.00. The molecule has 2 N–H and O–H groups in total. The van der Waals surface area contributed by atoms with Crippen molar-refractivity contribution in [3.05, 3.63) is 87.7 Å². The number of hydrogen-bond donors (Lipinski definition) is 2.